The van der Waals surface area contributed by atoms with Crippen molar-refractivity contribution in [1.82, 2.24) is 15.5 Å². The molecule has 1 saturated heterocycles. The molecule has 0 atom stereocenters. The summed E-state index contributed by atoms with van der Waals surface area (Å²) in [5.74, 6) is 1.85. The van der Waals surface area contributed by atoms with Crippen LogP contribution in [0.1, 0.15) is 30.4 Å². The molecule has 0 spiro atoms. The van der Waals surface area contributed by atoms with Gasteiger partial charge in [-0.3, -0.25) is 4.99 Å². The molecule has 2 rings (SSSR count). The van der Waals surface area contributed by atoms with Crippen molar-refractivity contribution in [3.8, 4) is 5.75 Å². The average molecular weight is 504 g/mol. The molecule has 160 valence electrons. The normalized spacial score (nSPS) is 15.8. The fourth-order valence-electron chi connectivity index (χ4n) is 3.47. The molecule has 6 nitrogen and oxygen atoms in total. The maximum Gasteiger partial charge on any atom is 0.191 e. The molecule has 0 saturated carbocycles. The highest BCUT2D eigenvalue weighted by molar-refractivity contribution is 14.0. The van der Waals surface area contributed by atoms with Gasteiger partial charge in [0.25, 0.3) is 0 Å². The lowest BCUT2D eigenvalue weighted by Gasteiger charge is -2.33. The van der Waals surface area contributed by atoms with Gasteiger partial charge in [0.2, 0.25) is 0 Å². The fourth-order valence-corrected chi connectivity index (χ4v) is 3.47. The molecule has 0 aromatic heterocycles. The van der Waals surface area contributed by atoms with Crippen LogP contribution in [0.2, 0.25) is 0 Å². The number of guanidine groups is 1. The van der Waals surface area contributed by atoms with Crippen LogP contribution in [0, 0.1) is 6.92 Å². The van der Waals surface area contributed by atoms with Crippen molar-refractivity contribution >= 4 is 29.9 Å². The molecule has 1 aliphatic heterocycles. The third-order valence-corrected chi connectivity index (χ3v) is 5.15. The highest BCUT2D eigenvalue weighted by Gasteiger charge is 2.19. The third kappa shape index (κ3) is 8.53. The topological polar surface area (TPSA) is 58.1 Å². The molecular weight excluding hydrogens is 467 g/mol. The van der Waals surface area contributed by atoms with Gasteiger partial charge in [0.15, 0.2) is 5.96 Å². The van der Waals surface area contributed by atoms with E-state index in [1.807, 2.05) is 7.05 Å². The first-order valence-electron chi connectivity index (χ1n) is 9.98. The predicted octanol–water partition coefficient (Wildman–Crippen LogP) is 2.83. The van der Waals surface area contributed by atoms with Crippen LogP contribution < -0.4 is 15.4 Å². The zero-order valence-electron chi connectivity index (χ0n) is 17.8. The Labute approximate surface area is 187 Å². The van der Waals surface area contributed by atoms with Gasteiger partial charge in [-0.15, -0.1) is 24.0 Å². The number of hydrogen-bond donors (Lipinski definition) is 2. The van der Waals surface area contributed by atoms with E-state index in [9.17, 15) is 0 Å². The van der Waals surface area contributed by atoms with Crippen LogP contribution in [0.5, 0.6) is 5.75 Å². The number of methoxy groups -OCH3 is 2. The van der Waals surface area contributed by atoms with E-state index in [4.69, 9.17) is 9.47 Å². The summed E-state index contributed by atoms with van der Waals surface area (Å²) in [4.78, 5) is 6.91. The molecule has 0 radical (unpaired) electrons. The van der Waals surface area contributed by atoms with Gasteiger partial charge in [0.1, 0.15) is 5.75 Å². The summed E-state index contributed by atoms with van der Waals surface area (Å²) < 4.78 is 10.5. The zero-order chi connectivity index (χ0) is 19.5. The molecule has 0 amide bonds. The van der Waals surface area contributed by atoms with Gasteiger partial charge < -0.3 is 25.0 Å². The number of benzene rings is 1. The van der Waals surface area contributed by atoms with Crippen LogP contribution in [-0.2, 0) is 11.2 Å². The van der Waals surface area contributed by atoms with Gasteiger partial charge >= 0.3 is 0 Å². The van der Waals surface area contributed by atoms with E-state index in [1.54, 1.807) is 14.2 Å². The smallest absolute Gasteiger partial charge is 0.191 e. The van der Waals surface area contributed by atoms with Gasteiger partial charge in [0, 0.05) is 53.0 Å². The van der Waals surface area contributed by atoms with Crippen molar-refractivity contribution in [1.29, 1.82) is 0 Å². The minimum absolute atomic E-state index is 0. The molecular formula is C21H37IN4O2. The van der Waals surface area contributed by atoms with Gasteiger partial charge in [-0.25, -0.2) is 0 Å². The van der Waals surface area contributed by atoms with E-state index in [1.165, 1.54) is 11.1 Å². The summed E-state index contributed by atoms with van der Waals surface area (Å²) in [6.45, 7) is 7.18. The summed E-state index contributed by atoms with van der Waals surface area (Å²) in [6.07, 6.45) is 4.36. The molecule has 2 N–H and O–H groups in total. The quantitative estimate of drug-likeness (QED) is 0.235. The Hall–Kier alpha value is -1.06. The van der Waals surface area contributed by atoms with Crippen molar-refractivity contribution in [3.05, 3.63) is 29.3 Å². The van der Waals surface area contributed by atoms with Crippen LogP contribution in [-0.4, -0.2) is 71.0 Å². The van der Waals surface area contributed by atoms with Crippen LogP contribution >= 0.6 is 24.0 Å². The van der Waals surface area contributed by atoms with Gasteiger partial charge in [0.05, 0.1) is 7.11 Å². The van der Waals surface area contributed by atoms with E-state index < -0.39 is 0 Å². The Balaban J connectivity index is 0.00000392. The lowest BCUT2D eigenvalue weighted by Crippen LogP contribution is -2.49. The molecule has 7 heteroatoms. The van der Waals surface area contributed by atoms with E-state index in [2.05, 4.69) is 45.6 Å². The van der Waals surface area contributed by atoms with Crippen molar-refractivity contribution in [2.24, 2.45) is 4.99 Å². The Morgan fingerprint density at radius 3 is 2.64 bits per heavy atom. The molecule has 0 unspecified atom stereocenters. The summed E-state index contributed by atoms with van der Waals surface area (Å²) in [5, 5.41) is 7.01. The number of hydrogen-bond acceptors (Lipinski definition) is 4. The van der Waals surface area contributed by atoms with Crippen molar-refractivity contribution < 1.29 is 9.47 Å². The van der Waals surface area contributed by atoms with Gasteiger partial charge in [-0.1, -0.05) is 12.1 Å². The van der Waals surface area contributed by atoms with E-state index >= 15 is 0 Å². The SMILES string of the molecule is CN=C(NCCc1ccc(C)c(OC)c1)NC1CCN(CCCOC)CC1.I. The molecule has 1 heterocycles. The highest BCUT2D eigenvalue weighted by Crippen LogP contribution is 2.19. The number of nitrogens with one attached hydrogen (secondary N) is 2. The van der Waals surface area contributed by atoms with Crippen molar-refractivity contribution in [2.75, 3.05) is 54.1 Å². The number of rotatable bonds is 9. The third-order valence-electron chi connectivity index (χ3n) is 5.15. The minimum atomic E-state index is 0. The number of aryl methyl sites for hydroxylation is 1. The second-order valence-electron chi connectivity index (χ2n) is 7.16. The molecule has 0 aliphatic carbocycles. The van der Waals surface area contributed by atoms with Crippen molar-refractivity contribution in [3.63, 3.8) is 0 Å². The molecule has 1 aromatic rings. The molecule has 28 heavy (non-hydrogen) atoms. The van der Waals surface area contributed by atoms with Gasteiger partial charge in [-0.2, -0.15) is 0 Å². The lowest BCUT2D eigenvalue weighted by atomic mass is 10.1. The van der Waals surface area contributed by atoms with E-state index in [-0.39, 0.29) is 24.0 Å². The second kappa shape index (κ2) is 14.0. The highest BCUT2D eigenvalue weighted by atomic mass is 127. The lowest BCUT2D eigenvalue weighted by molar-refractivity contribution is 0.155. The summed E-state index contributed by atoms with van der Waals surface area (Å²) in [7, 11) is 5.33. The van der Waals surface area contributed by atoms with Crippen LogP contribution in [0.3, 0.4) is 0 Å². The number of ether oxygens (including phenoxy) is 2. The average Bonchev–Trinajstić information content (AvgIpc) is 2.69. The summed E-state index contributed by atoms with van der Waals surface area (Å²) >= 11 is 0. The number of aliphatic imine (C=N–C) groups is 1. The number of likely N-dealkylation sites (tertiary alicyclic amines) is 1. The Morgan fingerprint density at radius 2 is 2.00 bits per heavy atom. The summed E-state index contributed by atoms with van der Waals surface area (Å²) in [5.41, 5.74) is 2.44. The minimum Gasteiger partial charge on any atom is -0.496 e. The van der Waals surface area contributed by atoms with Crippen molar-refractivity contribution in [2.45, 2.75) is 38.6 Å². The second-order valence-corrected chi connectivity index (χ2v) is 7.16. The zero-order valence-corrected chi connectivity index (χ0v) is 20.1. The molecule has 0 bridgehead atoms. The maximum absolute atomic E-state index is 5.41. The van der Waals surface area contributed by atoms with E-state index in [0.29, 0.717) is 6.04 Å². The monoisotopic (exact) mass is 504 g/mol. The maximum atomic E-state index is 5.41. The molecule has 1 aliphatic rings. The van der Waals surface area contributed by atoms with Crippen LogP contribution in [0.4, 0.5) is 0 Å². The van der Waals surface area contributed by atoms with Crippen LogP contribution in [0.25, 0.3) is 0 Å². The Morgan fingerprint density at radius 1 is 1.25 bits per heavy atom. The molecule has 1 aromatic carbocycles. The van der Waals surface area contributed by atoms with Gasteiger partial charge in [-0.05, 0) is 49.8 Å². The fraction of sp³-hybridized carbons (Fsp3) is 0.667. The van der Waals surface area contributed by atoms with E-state index in [0.717, 1.165) is 70.2 Å². The predicted molar refractivity (Wildman–Crippen MR) is 127 cm³/mol. The largest absolute Gasteiger partial charge is 0.496 e. The number of halogens is 1. The molecule has 1 fully saturated rings. The first-order valence-corrected chi connectivity index (χ1v) is 9.98. The first-order chi connectivity index (χ1) is 13.2. The standard InChI is InChI=1S/C21H36N4O2.HI/c1-17-6-7-18(16-20(17)27-4)8-11-23-21(22-2)24-19-9-13-25(14-10-19)12-5-15-26-3;/h6-7,16,19H,5,8-15H2,1-4H3,(H2,22,23,24);1H. The van der Waals surface area contributed by atoms with Crippen LogP contribution in [0.15, 0.2) is 23.2 Å². The Bertz CT molecular complexity index is 590. The Kier molecular flexibility index (Phi) is 12.5. The first kappa shape index (κ1) is 25.0. The summed E-state index contributed by atoms with van der Waals surface area (Å²) in [6, 6.07) is 6.89. The number of piperidine rings is 1. The number of nitrogens with zero attached hydrogens (tertiary/aromatic N) is 2.